The number of benzene rings is 1. The third-order valence-corrected chi connectivity index (χ3v) is 3.78. The van der Waals surface area contributed by atoms with E-state index in [0.717, 1.165) is 11.3 Å². The Kier molecular flexibility index (Phi) is 3.92. The third-order valence-electron chi connectivity index (χ3n) is 2.51. The van der Waals surface area contributed by atoms with Gasteiger partial charge in [0.15, 0.2) is 0 Å². The Labute approximate surface area is 112 Å². The van der Waals surface area contributed by atoms with Gasteiger partial charge in [-0.2, -0.15) is 8.42 Å². The van der Waals surface area contributed by atoms with Crippen molar-refractivity contribution in [3.05, 3.63) is 53.6 Å². The van der Waals surface area contributed by atoms with Crippen LogP contribution in [-0.4, -0.2) is 18.4 Å². The zero-order valence-electron chi connectivity index (χ0n) is 10.7. The molecular formula is C13H14N2O3S. The van der Waals surface area contributed by atoms with Crippen molar-refractivity contribution in [3.8, 4) is 0 Å². The van der Waals surface area contributed by atoms with Crippen LogP contribution in [0.2, 0.25) is 0 Å². The predicted octanol–water partition coefficient (Wildman–Crippen LogP) is 2.00. The van der Waals surface area contributed by atoms with Gasteiger partial charge in [0.1, 0.15) is 6.61 Å². The van der Waals surface area contributed by atoms with Crippen LogP contribution < -0.4 is 0 Å². The molecule has 0 atom stereocenters. The lowest BCUT2D eigenvalue weighted by atomic mass is 10.2. The smallest absolute Gasteiger partial charge is 0.260 e. The van der Waals surface area contributed by atoms with E-state index in [2.05, 4.69) is 9.97 Å². The monoisotopic (exact) mass is 278 g/mol. The Balaban J connectivity index is 2.09. The lowest BCUT2D eigenvalue weighted by Crippen LogP contribution is -2.07. The summed E-state index contributed by atoms with van der Waals surface area (Å²) in [5, 5.41) is 0. The SMILES string of the molecule is Cc1ccc(S(=O)(=O)OCc2cnc(C)cn2)cc1. The van der Waals surface area contributed by atoms with Crippen molar-refractivity contribution in [3.63, 3.8) is 0 Å². The molecule has 0 aliphatic rings. The molecule has 1 heterocycles. The number of rotatable bonds is 4. The maximum absolute atomic E-state index is 11.9. The highest BCUT2D eigenvalue weighted by Crippen LogP contribution is 2.14. The van der Waals surface area contributed by atoms with Crippen molar-refractivity contribution >= 4 is 10.1 Å². The molecule has 0 saturated heterocycles. The maximum atomic E-state index is 11.9. The summed E-state index contributed by atoms with van der Waals surface area (Å²) in [5.74, 6) is 0. The van der Waals surface area contributed by atoms with Crippen LogP contribution >= 0.6 is 0 Å². The normalized spacial score (nSPS) is 11.5. The van der Waals surface area contributed by atoms with Crippen molar-refractivity contribution in [2.24, 2.45) is 0 Å². The minimum absolute atomic E-state index is 0.122. The highest BCUT2D eigenvalue weighted by molar-refractivity contribution is 7.86. The van der Waals surface area contributed by atoms with Crippen molar-refractivity contribution in [1.82, 2.24) is 9.97 Å². The van der Waals surface area contributed by atoms with Crippen LogP contribution in [0.1, 0.15) is 17.0 Å². The van der Waals surface area contributed by atoms with Crippen molar-refractivity contribution in [2.75, 3.05) is 0 Å². The Morgan fingerprint density at radius 1 is 1.05 bits per heavy atom. The van der Waals surface area contributed by atoms with Crippen LogP contribution in [0.4, 0.5) is 0 Å². The highest BCUT2D eigenvalue weighted by Gasteiger charge is 2.15. The van der Waals surface area contributed by atoms with Crippen LogP contribution in [0, 0.1) is 13.8 Å². The van der Waals surface area contributed by atoms with E-state index >= 15 is 0 Å². The second-order valence-electron chi connectivity index (χ2n) is 4.18. The summed E-state index contributed by atoms with van der Waals surface area (Å²) < 4.78 is 28.8. The molecule has 0 fully saturated rings. The molecule has 2 rings (SSSR count). The fourth-order valence-corrected chi connectivity index (χ4v) is 2.29. The van der Waals surface area contributed by atoms with Gasteiger partial charge in [-0.05, 0) is 26.0 Å². The van der Waals surface area contributed by atoms with Gasteiger partial charge in [0, 0.05) is 6.20 Å². The van der Waals surface area contributed by atoms with E-state index in [0.29, 0.717) is 5.69 Å². The van der Waals surface area contributed by atoms with Crippen molar-refractivity contribution in [2.45, 2.75) is 25.3 Å². The fourth-order valence-electron chi connectivity index (χ4n) is 1.40. The van der Waals surface area contributed by atoms with E-state index in [1.165, 1.54) is 18.3 Å². The van der Waals surface area contributed by atoms with Crippen LogP contribution in [0.25, 0.3) is 0 Å². The Morgan fingerprint density at radius 2 is 1.74 bits per heavy atom. The molecule has 0 bridgehead atoms. The molecule has 2 aromatic rings. The maximum Gasteiger partial charge on any atom is 0.297 e. The molecule has 1 aromatic carbocycles. The summed E-state index contributed by atoms with van der Waals surface area (Å²) in [5.41, 5.74) is 2.23. The first-order valence-corrected chi connectivity index (χ1v) is 7.12. The summed E-state index contributed by atoms with van der Waals surface area (Å²) >= 11 is 0. The topological polar surface area (TPSA) is 69.2 Å². The van der Waals surface area contributed by atoms with Crippen LogP contribution in [0.3, 0.4) is 0 Å². The number of aromatic nitrogens is 2. The molecule has 0 unspecified atom stereocenters. The zero-order valence-corrected chi connectivity index (χ0v) is 11.5. The molecule has 0 aliphatic heterocycles. The van der Waals surface area contributed by atoms with Gasteiger partial charge < -0.3 is 0 Å². The van der Waals surface area contributed by atoms with Crippen LogP contribution in [0.5, 0.6) is 0 Å². The molecule has 0 saturated carbocycles. The van der Waals surface area contributed by atoms with Crippen LogP contribution in [0.15, 0.2) is 41.6 Å². The van der Waals surface area contributed by atoms with Gasteiger partial charge in [0.2, 0.25) is 0 Å². The van der Waals surface area contributed by atoms with E-state index < -0.39 is 10.1 Å². The molecular weight excluding hydrogens is 264 g/mol. The van der Waals surface area contributed by atoms with E-state index in [4.69, 9.17) is 4.18 Å². The molecule has 0 spiro atoms. The molecule has 0 N–H and O–H groups in total. The largest absolute Gasteiger partial charge is 0.297 e. The van der Waals surface area contributed by atoms with E-state index in [9.17, 15) is 8.42 Å². The number of hydrogen-bond acceptors (Lipinski definition) is 5. The predicted molar refractivity (Wildman–Crippen MR) is 69.9 cm³/mol. The molecule has 0 radical (unpaired) electrons. The Morgan fingerprint density at radius 3 is 2.32 bits per heavy atom. The van der Waals surface area contributed by atoms with Crippen LogP contribution in [-0.2, 0) is 20.9 Å². The Bertz CT molecular complexity index is 649. The summed E-state index contributed by atoms with van der Waals surface area (Å²) in [4.78, 5) is 8.20. The first-order valence-electron chi connectivity index (χ1n) is 5.71. The average Bonchev–Trinajstić information content (AvgIpc) is 2.39. The summed E-state index contributed by atoms with van der Waals surface area (Å²) in [6, 6.07) is 6.49. The van der Waals surface area contributed by atoms with Gasteiger partial charge in [0.25, 0.3) is 10.1 Å². The fraction of sp³-hybridized carbons (Fsp3) is 0.231. The average molecular weight is 278 g/mol. The molecule has 5 nitrogen and oxygen atoms in total. The molecule has 1 aromatic heterocycles. The second kappa shape index (κ2) is 5.46. The van der Waals surface area contributed by atoms with Gasteiger partial charge in [-0.15, -0.1) is 0 Å². The molecule has 6 heteroatoms. The molecule has 0 amide bonds. The lowest BCUT2D eigenvalue weighted by molar-refractivity contribution is 0.303. The van der Waals surface area contributed by atoms with Crippen molar-refractivity contribution < 1.29 is 12.6 Å². The van der Waals surface area contributed by atoms with Crippen molar-refractivity contribution in [1.29, 1.82) is 0 Å². The first-order chi connectivity index (χ1) is 8.97. The zero-order chi connectivity index (χ0) is 13.9. The minimum Gasteiger partial charge on any atom is -0.260 e. The summed E-state index contributed by atoms with van der Waals surface area (Å²) in [6.07, 6.45) is 3.07. The third kappa shape index (κ3) is 3.59. The lowest BCUT2D eigenvalue weighted by Gasteiger charge is -2.05. The van der Waals surface area contributed by atoms with E-state index in [1.807, 2.05) is 6.92 Å². The number of aryl methyl sites for hydroxylation is 2. The van der Waals surface area contributed by atoms with E-state index in [-0.39, 0.29) is 11.5 Å². The van der Waals surface area contributed by atoms with Gasteiger partial charge in [-0.25, -0.2) is 0 Å². The second-order valence-corrected chi connectivity index (χ2v) is 5.79. The van der Waals surface area contributed by atoms with E-state index in [1.54, 1.807) is 25.3 Å². The molecule has 19 heavy (non-hydrogen) atoms. The molecule has 100 valence electrons. The summed E-state index contributed by atoms with van der Waals surface area (Å²) in [7, 11) is -3.75. The quantitative estimate of drug-likeness (QED) is 0.800. The number of nitrogens with zero attached hydrogens (tertiary/aromatic N) is 2. The first kappa shape index (κ1) is 13.6. The Hall–Kier alpha value is -1.79. The van der Waals surface area contributed by atoms with Gasteiger partial charge in [0.05, 0.1) is 22.5 Å². The van der Waals surface area contributed by atoms with Gasteiger partial charge in [-0.1, -0.05) is 17.7 Å². The number of hydrogen-bond donors (Lipinski definition) is 0. The standard InChI is InChI=1S/C13H14N2O3S/c1-10-3-5-13(6-4-10)19(16,17)18-9-12-8-14-11(2)7-15-12/h3-8H,9H2,1-2H3. The van der Waals surface area contributed by atoms with Gasteiger partial charge in [-0.3, -0.25) is 14.2 Å². The molecule has 0 aliphatic carbocycles. The summed E-state index contributed by atoms with van der Waals surface area (Å²) in [6.45, 7) is 3.57. The highest BCUT2D eigenvalue weighted by atomic mass is 32.2. The minimum atomic E-state index is -3.75. The van der Waals surface area contributed by atoms with Gasteiger partial charge >= 0.3 is 0 Å².